The molecule has 0 aliphatic carbocycles. The molecular weight excluding hydrogens is 461 g/mol. The van der Waals surface area contributed by atoms with E-state index in [0.717, 1.165) is 36.3 Å². The summed E-state index contributed by atoms with van der Waals surface area (Å²) in [5.41, 5.74) is 1.44. The Morgan fingerprint density at radius 3 is 2.38 bits per heavy atom. The molecule has 3 rings (SSSR count). The Kier molecular flexibility index (Phi) is 7.21. The van der Waals surface area contributed by atoms with E-state index >= 15 is 0 Å². The topological polar surface area (TPSA) is 52.6 Å². The maximum absolute atomic E-state index is 12.8. The van der Waals surface area contributed by atoms with Crippen molar-refractivity contribution in [1.29, 1.82) is 0 Å². The van der Waals surface area contributed by atoms with Gasteiger partial charge in [0.25, 0.3) is 10.0 Å². The van der Waals surface area contributed by atoms with Crippen LogP contribution in [0.5, 0.6) is 0 Å². The summed E-state index contributed by atoms with van der Waals surface area (Å²) in [6.07, 6.45) is 0. The van der Waals surface area contributed by atoms with E-state index in [1.807, 2.05) is 18.2 Å². The zero-order chi connectivity index (χ0) is 18.0. The summed E-state index contributed by atoms with van der Waals surface area (Å²) < 4.78 is 29.0. The Labute approximate surface area is 173 Å². The maximum Gasteiger partial charge on any atom is 0.263 e. The number of halogens is 3. The van der Waals surface area contributed by atoms with Crippen LogP contribution in [0.25, 0.3) is 0 Å². The van der Waals surface area contributed by atoms with E-state index in [0.29, 0.717) is 5.69 Å². The van der Waals surface area contributed by atoms with E-state index in [-0.39, 0.29) is 22.3 Å². The highest BCUT2D eigenvalue weighted by atomic mass is 79.9. The third kappa shape index (κ3) is 4.84. The van der Waals surface area contributed by atoms with Gasteiger partial charge in [-0.05, 0) is 37.4 Å². The number of para-hydroxylation sites is 2. The van der Waals surface area contributed by atoms with Gasteiger partial charge in [0.15, 0.2) is 0 Å². The van der Waals surface area contributed by atoms with Gasteiger partial charge in [0.05, 0.1) is 16.4 Å². The highest BCUT2D eigenvalue weighted by molar-refractivity contribution is 9.10. The van der Waals surface area contributed by atoms with Gasteiger partial charge in [-0.2, -0.15) is 0 Å². The van der Waals surface area contributed by atoms with Crippen LogP contribution in [0.2, 0.25) is 5.02 Å². The fourth-order valence-corrected chi connectivity index (χ4v) is 4.89. The molecule has 2 aromatic carbocycles. The van der Waals surface area contributed by atoms with E-state index in [4.69, 9.17) is 11.6 Å². The zero-order valence-electron chi connectivity index (χ0n) is 14.2. The first-order valence-electron chi connectivity index (χ1n) is 7.87. The lowest BCUT2D eigenvalue weighted by Crippen LogP contribution is -2.44. The Morgan fingerprint density at radius 1 is 1.08 bits per heavy atom. The van der Waals surface area contributed by atoms with Gasteiger partial charge in [-0.1, -0.05) is 39.7 Å². The number of anilines is 2. The summed E-state index contributed by atoms with van der Waals surface area (Å²) in [5.74, 6) is 0. The van der Waals surface area contributed by atoms with Gasteiger partial charge >= 0.3 is 0 Å². The van der Waals surface area contributed by atoms with Gasteiger partial charge < -0.3 is 9.80 Å². The third-order valence-corrected chi connectivity index (χ3v) is 6.52. The summed E-state index contributed by atoms with van der Waals surface area (Å²) in [6, 6.07) is 12.2. The normalized spacial score (nSPS) is 15.4. The molecule has 5 nitrogen and oxygen atoms in total. The van der Waals surface area contributed by atoms with Crippen molar-refractivity contribution in [3.63, 3.8) is 0 Å². The van der Waals surface area contributed by atoms with Gasteiger partial charge in [0.2, 0.25) is 0 Å². The lowest BCUT2D eigenvalue weighted by Gasteiger charge is -2.35. The number of hydrogen-bond donors (Lipinski definition) is 1. The lowest BCUT2D eigenvalue weighted by atomic mass is 10.2. The number of nitrogens with zero attached hydrogens (tertiary/aromatic N) is 2. The molecule has 9 heteroatoms. The van der Waals surface area contributed by atoms with Crippen LogP contribution < -0.4 is 9.62 Å². The Bertz CT molecular complexity index is 872. The van der Waals surface area contributed by atoms with Crippen molar-refractivity contribution in [1.82, 2.24) is 4.90 Å². The van der Waals surface area contributed by atoms with Crippen LogP contribution in [-0.2, 0) is 10.0 Å². The molecular formula is C17H20BrCl2N3O2S. The first-order chi connectivity index (χ1) is 11.9. The van der Waals surface area contributed by atoms with E-state index in [1.54, 1.807) is 18.2 Å². The fraction of sp³-hybridized carbons (Fsp3) is 0.294. The van der Waals surface area contributed by atoms with Gasteiger partial charge in [-0.15, -0.1) is 12.4 Å². The van der Waals surface area contributed by atoms with Crippen molar-refractivity contribution < 1.29 is 8.42 Å². The average Bonchev–Trinajstić information content (AvgIpc) is 2.55. The van der Waals surface area contributed by atoms with Gasteiger partial charge in [0, 0.05) is 30.7 Å². The Hall–Kier alpha value is -0.990. The van der Waals surface area contributed by atoms with E-state index < -0.39 is 10.0 Å². The van der Waals surface area contributed by atoms with Crippen molar-refractivity contribution in [2.75, 3.05) is 42.8 Å². The summed E-state index contributed by atoms with van der Waals surface area (Å²) in [4.78, 5) is 4.51. The Morgan fingerprint density at radius 2 is 1.73 bits per heavy atom. The highest BCUT2D eigenvalue weighted by Gasteiger charge is 2.22. The van der Waals surface area contributed by atoms with Crippen LogP contribution in [0, 0.1) is 0 Å². The molecule has 1 N–H and O–H groups in total. The SMILES string of the molecule is CN1CCN(c2ccccc2NS(=O)(=O)c2ccc(Br)cc2Cl)CC1.Cl. The second-order valence-corrected chi connectivity index (χ2v) is 8.96. The average molecular weight is 481 g/mol. The molecule has 26 heavy (non-hydrogen) atoms. The predicted octanol–water partition coefficient (Wildman–Crippen LogP) is 4.08. The smallest absolute Gasteiger partial charge is 0.263 e. The van der Waals surface area contributed by atoms with Gasteiger partial charge in [-0.25, -0.2) is 8.42 Å². The largest absolute Gasteiger partial charge is 0.367 e. The molecule has 1 aliphatic heterocycles. The number of benzene rings is 2. The monoisotopic (exact) mass is 479 g/mol. The van der Waals surface area contributed by atoms with Crippen LogP contribution in [0.1, 0.15) is 0 Å². The van der Waals surface area contributed by atoms with Crippen LogP contribution in [0.4, 0.5) is 11.4 Å². The predicted molar refractivity (Wildman–Crippen MR) is 113 cm³/mol. The molecule has 1 saturated heterocycles. The van der Waals surface area contributed by atoms with Crippen LogP contribution in [0.15, 0.2) is 51.8 Å². The molecule has 0 unspecified atom stereocenters. The second-order valence-electron chi connectivity index (χ2n) is 5.99. The number of sulfonamides is 1. The fourth-order valence-electron chi connectivity index (χ4n) is 2.78. The van der Waals surface area contributed by atoms with Crippen molar-refractivity contribution in [2.45, 2.75) is 4.90 Å². The van der Waals surface area contributed by atoms with E-state index in [1.165, 1.54) is 6.07 Å². The number of hydrogen-bond acceptors (Lipinski definition) is 4. The second kappa shape index (κ2) is 8.80. The minimum atomic E-state index is -3.77. The minimum Gasteiger partial charge on any atom is -0.367 e. The van der Waals surface area contributed by atoms with Crippen molar-refractivity contribution in [3.8, 4) is 0 Å². The molecule has 0 bridgehead atoms. The van der Waals surface area contributed by atoms with Gasteiger partial charge in [-0.3, -0.25) is 4.72 Å². The molecule has 0 spiro atoms. The quantitative estimate of drug-likeness (QED) is 0.716. The number of rotatable bonds is 4. The first kappa shape index (κ1) is 21.3. The number of piperazine rings is 1. The van der Waals surface area contributed by atoms with Crippen molar-refractivity contribution >= 4 is 61.3 Å². The summed E-state index contributed by atoms with van der Waals surface area (Å²) in [7, 11) is -1.69. The Balaban J connectivity index is 0.00000243. The minimum absolute atomic E-state index is 0. The number of nitrogens with one attached hydrogen (secondary N) is 1. The lowest BCUT2D eigenvalue weighted by molar-refractivity contribution is 0.313. The zero-order valence-corrected chi connectivity index (χ0v) is 18.1. The summed E-state index contributed by atoms with van der Waals surface area (Å²) >= 11 is 9.41. The molecule has 0 radical (unpaired) electrons. The summed E-state index contributed by atoms with van der Waals surface area (Å²) in [5, 5.41) is 0.180. The van der Waals surface area contributed by atoms with E-state index in [9.17, 15) is 8.42 Å². The molecule has 0 saturated carbocycles. The molecule has 2 aromatic rings. The van der Waals surface area contributed by atoms with Crippen molar-refractivity contribution in [2.24, 2.45) is 0 Å². The molecule has 0 aromatic heterocycles. The standard InChI is InChI=1S/C17H19BrClN3O2S.ClH/c1-21-8-10-22(11-9-21)16-5-3-2-4-15(16)20-25(23,24)17-7-6-13(18)12-14(17)19;/h2-7,12,20H,8-11H2,1H3;1H. The first-order valence-corrected chi connectivity index (χ1v) is 10.5. The molecule has 0 amide bonds. The maximum atomic E-state index is 12.8. The molecule has 1 heterocycles. The van der Waals surface area contributed by atoms with Crippen LogP contribution >= 0.6 is 39.9 Å². The molecule has 0 atom stereocenters. The molecule has 142 valence electrons. The van der Waals surface area contributed by atoms with Crippen molar-refractivity contribution in [3.05, 3.63) is 52.0 Å². The van der Waals surface area contributed by atoms with Crippen LogP contribution in [-0.4, -0.2) is 46.5 Å². The third-order valence-electron chi connectivity index (χ3n) is 4.18. The van der Waals surface area contributed by atoms with Crippen LogP contribution in [0.3, 0.4) is 0 Å². The van der Waals surface area contributed by atoms with E-state index in [2.05, 4.69) is 37.5 Å². The summed E-state index contributed by atoms with van der Waals surface area (Å²) in [6.45, 7) is 3.60. The molecule has 1 aliphatic rings. The van der Waals surface area contributed by atoms with Gasteiger partial charge in [0.1, 0.15) is 4.90 Å². The number of likely N-dealkylation sites (N-methyl/N-ethyl adjacent to an activating group) is 1. The molecule has 1 fully saturated rings. The highest BCUT2D eigenvalue weighted by Crippen LogP contribution is 2.31.